The molecule has 0 amide bonds. The number of aliphatic hydroxyl groups is 1. The molecule has 0 bridgehead atoms. The van der Waals surface area contributed by atoms with Crippen LogP contribution < -0.4 is 0 Å². The van der Waals surface area contributed by atoms with Crippen LogP contribution in [0.1, 0.15) is 20.3 Å². The van der Waals surface area contributed by atoms with Crippen LogP contribution in [0.25, 0.3) is 0 Å². The van der Waals surface area contributed by atoms with Gasteiger partial charge in [0.2, 0.25) is 10.0 Å². The number of aliphatic hydroxyl groups excluding tert-OH is 1. The van der Waals surface area contributed by atoms with Gasteiger partial charge in [-0.05, 0) is 26.3 Å². The minimum Gasteiger partial charge on any atom is -0.396 e. The van der Waals surface area contributed by atoms with Gasteiger partial charge in [0.25, 0.3) is 0 Å². The van der Waals surface area contributed by atoms with Crippen molar-refractivity contribution in [3.8, 4) is 0 Å². The van der Waals surface area contributed by atoms with Crippen LogP contribution in [-0.2, 0) is 17.1 Å². The number of sulfonamides is 1. The van der Waals surface area contributed by atoms with Crippen LogP contribution >= 0.6 is 0 Å². The van der Waals surface area contributed by atoms with Crippen LogP contribution in [0.4, 0.5) is 0 Å². The van der Waals surface area contributed by atoms with E-state index in [4.69, 9.17) is 5.11 Å². The van der Waals surface area contributed by atoms with Crippen LogP contribution in [0.2, 0.25) is 0 Å². The Morgan fingerprint density at radius 2 is 2.12 bits per heavy atom. The topological polar surface area (TPSA) is 62.5 Å². The maximum absolute atomic E-state index is 12.3. The third-order valence-corrected chi connectivity index (χ3v) is 4.58. The highest BCUT2D eigenvalue weighted by Crippen LogP contribution is 2.18. The molecule has 1 heterocycles. The first-order valence-electron chi connectivity index (χ1n) is 5.64. The van der Waals surface area contributed by atoms with Crippen LogP contribution in [-0.4, -0.2) is 41.6 Å². The standard InChI is InChI=1S/C11H20N2O3S/c1-10(2)13(6-4-8-14)17(15,16)11-5-7-12(3)9-11/h5,7,9-10,14H,4,6,8H2,1-3H3. The zero-order valence-electron chi connectivity index (χ0n) is 10.5. The van der Waals surface area contributed by atoms with Crippen molar-refractivity contribution in [2.45, 2.75) is 31.2 Å². The molecule has 1 N–H and O–H groups in total. The summed E-state index contributed by atoms with van der Waals surface area (Å²) < 4.78 is 27.8. The molecule has 0 unspecified atom stereocenters. The lowest BCUT2D eigenvalue weighted by atomic mass is 10.3. The molecule has 0 atom stereocenters. The summed E-state index contributed by atoms with van der Waals surface area (Å²) in [5.41, 5.74) is 0. The Morgan fingerprint density at radius 3 is 2.53 bits per heavy atom. The van der Waals surface area contributed by atoms with E-state index in [1.165, 1.54) is 4.31 Å². The summed E-state index contributed by atoms with van der Waals surface area (Å²) in [4.78, 5) is 0.298. The zero-order valence-corrected chi connectivity index (χ0v) is 11.3. The molecule has 0 radical (unpaired) electrons. The molecule has 0 saturated heterocycles. The van der Waals surface area contributed by atoms with Crippen molar-refractivity contribution in [3.63, 3.8) is 0 Å². The first-order valence-corrected chi connectivity index (χ1v) is 7.08. The molecule has 0 fully saturated rings. The molecule has 1 aromatic heterocycles. The van der Waals surface area contributed by atoms with Gasteiger partial charge in [0.1, 0.15) is 0 Å². The summed E-state index contributed by atoms with van der Waals surface area (Å²) in [7, 11) is -1.67. The molecule has 0 aliphatic carbocycles. The van der Waals surface area contributed by atoms with Gasteiger partial charge in [-0.25, -0.2) is 8.42 Å². The summed E-state index contributed by atoms with van der Waals surface area (Å²) in [6.07, 6.45) is 3.74. The quantitative estimate of drug-likeness (QED) is 0.823. The van der Waals surface area contributed by atoms with E-state index >= 15 is 0 Å². The highest BCUT2D eigenvalue weighted by molar-refractivity contribution is 7.89. The molecular weight excluding hydrogens is 240 g/mol. The van der Waals surface area contributed by atoms with Gasteiger partial charge >= 0.3 is 0 Å². The third-order valence-electron chi connectivity index (χ3n) is 2.52. The molecule has 0 aliphatic rings. The second-order valence-electron chi connectivity index (χ2n) is 4.30. The fourth-order valence-corrected chi connectivity index (χ4v) is 3.38. The number of aryl methyl sites for hydroxylation is 1. The van der Waals surface area contributed by atoms with E-state index < -0.39 is 10.0 Å². The lowest BCUT2D eigenvalue weighted by Crippen LogP contribution is -2.37. The van der Waals surface area contributed by atoms with Crippen molar-refractivity contribution in [1.82, 2.24) is 8.87 Å². The SMILES string of the molecule is CC(C)N(CCCO)S(=O)(=O)c1ccn(C)c1. The lowest BCUT2D eigenvalue weighted by Gasteiger charge is -2.25. The van der Waals surface area contributed by atoms with E-state index in [-0.39, 0.29) is 12.6 Å². The van der Waals surface area contributed by atoms with Gasteiger partial charge in [-0.3, -0.25) is 0 Å². The van der Waals surface area contributed by atoms with Gasteiger partial charge in [0, 0.05) is 38.6 Å². The van der Waals surface area contributed by atoms with Crippen molar-refractivity contribution in [3.05, 3.63) is 18.5 Å². The largest absolute Gasteiger partial charge is 0.396 e. The normalized spacial score (nSPS) is 12.6. The second-order valence-corrected chi connectivity index (χ2v) is 6.19. The van der Waals surface area contributed by atoms with Crippen molar-refractivity contribution in [2.75, 3.05) is 13.2 Å². The fourth-order valence-electron chi connectivity index (χ4n) is 1.65. The average Bonchev–Trinajstić information content (AvgIpc) is 2.65. The van der Waals surface area contributed by atoms with Crippen molar-refractivity contribution in [1.29, 1.82) is 0 Å². The Hall–Kier alpha value is -0.850. The minimum absolute atomic E-state index is 0.00642. The highest BCUT2D eigenvalue weighted by Gasteiger charge is 2.26. The predicted octanol–water partition coefficient (Wildman–Crippen LogP) is 0.807. The van der Waals surface area contributed by atoms with E-state index in [2.05, 4.69) is 0 Å². The molecule has 6 heteroatoms. The van der Waals surface area contributed by atoms with Gasteiger partial charge in [-0.15, -0.1) is 0 Å². The number of rotatable bonds is 6. The van der Waals surface area contributed by atoms with Crippen molar-refractivity contribution < 1.29 is 13.5 Å². The second kappa shape index (κ2) is 5.66. The Bertz CT molecular complexity index is 451. The molecule has 0 saturated carbocycles. The van der Waals surface area contributed by atoms with E-state index in [1.54, 1.807) is 30.1 Å². The van der Waals surface area contributed by atoms with E-state index in [0.717, 1.165) is 0 Å². The summed E-state index contributed by atoms with van der Waals surface area (Å²) in [6.45, 7) is 3.99. The first kappa shape index (κ1) is 14.2. The summed E-state index contributed by atoms with van der Waals surface area (Å²) in [5, 5.41) is 8.81. The molecule has 17 heavy (non-hydrogen) atoms. The van der Waals surface area contributed by atoms with E-state index in [1.807, 2.05) is 13.8 Å². The molecule has 0 aliphatic heterocycles. The maximum atomic E-state index is 12.3. The van der Waals surface area contributed by atoms with Gasteiger partial charge in [0.15, 0.2) is 0 Å². The van der Waals surface area contributed by atoms with Crippen molar-refractivity contribution >= 4 is 10.0 Å². The fraction of sp³-hybridized carbons (Fsp3) is 0.636. The number of hydrogen-bond acceptors (Lipinski definition) is 3. The molecule has 5 nitrogen and oxygen atoms in total. The van der Waals surface area contributed by atoms with Gasteiger partial charge < -0.3 is 9.67 Å². The van der Waals surface area contributed by atoms with E-state index in [9.17, 15) is 8.42 Å². The van der Waals surface area contributed by atoms with E-state index in [0.29, 0.717) is 17.9 Å². The molecule has 0 aromatic carbocycles. The summed E-state index contributed by atoms with van der Waals surface area (Å²) in [5.74, 6) is 0. The minimum atomic E-state index is -3.45. The Kier molecular flexibility index (Phi) is 4.73. The summed E-state index contributed by atoms with van der Waals surface area (Å²) in [6, 6.07) is 1.47. The zero-order chi connectivity index (χ0) is 13.1. The smallest absolute Gasteiger partial charge is 0.244 e. The maximum Gasteiger partial charge on any atom is 0.244 e. The monoisotopic (exact) mass is 260 g/mol. The molecule has 0 spiro atoms. The predicted molar refractivity (Wildman–Crippen MR) is 66.1 cm³/mol. The van der Waals surface area contributed by atoms with Crippen LogP contribution in [0, 0.1) is 0 Å². The molecule has 1 rings (SSSR count). The molecular formula is C11H20N2O3S. The van der Waals surface area contributed by atoms with Gasteiger partial charge in [-0.1, -0.05) is 0 Å². The Labute approximate surface area is 103 Å². The van der Waals surface area contributed by atoms with Crippen LogP contribution in [0.5, 0.6) is 0 Å². The third kappa shape index (κ3) is 3.31. The lowest BCUT2D eigenvalue weighted by molar-refractivity contribution is 0.258. The number of hydrogen-bond donors (Lipinski definition) is 1. The van der Waals surface area contributed by atoms with Gasteiger partial charge in [0.05, 0.1) is 4.90 Å². The first-order chi connectivity index (χ1) is 7.89. The molecule has 1 aromatic rings. The Balaban J connectivity index is 3.00. The summed E-state index contributed by atoms with van der Waals surface area (Å²) >= 11 is 0. The molecule has 98 valence electrons. The van der Waals surface area contributed by atoms with Crippen molar-refractivity contribution in [2.24, 2.45) is 7.05 Å². The van der Waals surface area contributed by atoms with Crippen LogP contribution in [0.3, 0.4) is 0 Å². The average molecular weight is 260 g/mol. The van der Waals surface area contributed by atoms with Gasteiger partial charge in [-0.2, -0.15) is 4.31 Å². The van der Waals surface area contributed by atoms with Crippen LogP contribution in [0.15, 0.2) is 23.4 Å². The number of nitrogens with zero attached hydrogens (tertiary/aromatic N) is 2. The number of aromatic nitrogens is 1. The highest BCUT2D eigenvalue weighted by atomic mass is 32.2. The Morgan fingerprint density at radius 1 is 1.47 bits per heavy atom.